The van der Waals surface area contributed by atoms with Gasteiger partial charge in [0.1, 0.15) is 0 Å². The van der Waals surface area contributed by atoms with Gasteiger partial charge < -0.3 is 9.88 Å². The van der Waals surface area contributed by atoms with E-state index in [1.54, 1.807) is 0 Å². The fraction of sp³-hybridized carbons (Fsp3) is 0.250. The zero-order chi connectivity index (χ0) is 16.4. The van der Waals surface area contributed by atoms with Gasteiger partial charge in [0.25, 0.3) is 5.91 Å². The third-order valence-corrected chi connectivity index (χ3v) is 4.42. The number of hydrogen-bond donors (Lipinski definition) is 1. The fourth-order valence-electron chi connectivity index (χ4n) is 2.89. The first-order chi connectivity index (χ1) is 11.0. The quantitative estimate of drug-likeness (QED) is 0.779. The normalized spacial score (nSPS) is 11.6. The maximum Gasteiger partial charge on any atom is 0.251 e. The molecule has 0 aliphatic heterocycles. The second-order valence-corrected chi connectivity index (χ2v) is 6.60. The molecule has 3 heteroatoms. The third kappa shape index (κ3) is 3.00. The first-order valence-corrected chi connectivity index (χ1v) is 7.87. The molecule has 1 amide bonds. The molecule has 3 aromatic rings. The molecule has 0 aliphatic rings. The average Bonchev–Trinajstić information content (AvgIpc) is 2.95. The number of fused-ring (bicyclic) bond motifs is 1. The molecule has 0 aliphatic carbocycles. The molecule has 0 saturated heterocycles. The summed E-state index contributed by atoms with van der Waals surface area (Å²) >= 11 is 0. The molecule has 0 spiro atoms. The van der Waals surface area contributed by atoms with Gasteiger partial charge in [-0.05, 0) is 23.8 Å². The van der Waals surface area contributed by atoms with Crippen LogP contribution in [0.5, 0.6) is 0 Å². The highest BCUT2D eigenvalue weighted by molar-refractivity contribution is 6.06. The Morgan fingerprint density at radius 3 is 2.52 bits per heavy atom. The van der Waals surface area contributed by atoms with Gasteiger partial charge in [0.2, 0.25) is 0 Å². The Morgan fingerprint density at radius 1 is 1.04 bits per heavy atom. The number of nitrogens with zero attached hydrogens (tertiary/aromatic N) is 1. The minimum atomic E-state index is -0.110. The van der Waals surface area contributed by atoms with Crippen LogP contribution in [0.2, 0.25) is 0 Å². The van der Waals surface area contributed by atoms with Crippen LogP contribution in [-0.4, -0.2) is 17.0 Å². The van der Waals surface area contributed by atoms with Crippen molar-refractivity contribution in [3.05, 3.63) is 71.9 Å². The van der Waals surface area contributed by atoms with Crippen molar-refractivity contribution in [1.29, 1.82) is 0 Å². The second kappa shape index (κ2) is 5.92. The number of benzene rings is 2. The molecule has 0 unspecified atom stereocenters. The van der Waals surface area contributed by atoms with Crippen LogP contribution in [-0.2, 0) is 12.5 Å². The van der Waals surface area contributed by atoms with Gasteiger partial charge in [0.05, 0.1) is 0 Å². The lowest BCUT2D eigenvalue weighted by molar-refractivity contribution is 0.0947. The summed E-state index contributed by atoms with van der Waals surface area (Å²) in [4.78, 5) is 12.6. The summed E-state index contributed by atoms with van der Waals surface area (Å²) < 4.78 is 2.03. The maximum absolute atomic E-state index is 12.6. The lowest BCUT2D eigenvalue weighted by Gasteiger charge is -2.25. The molecular weight excluding hydrogens is 284 g/mol. The van der Waals surface area contributed by atoms with Crippen LogP contribution in [0.4, 0.5) is 0 Å². The SMILES string of the molecule is Cn1ccc2c(C(=O)NCC(C)(C)c3ccccc3)cccc21. The molecule has 1 N–H and O–H groups in total. The maximum atomic E-state index is 12.6. The van der Waals surface area contributed by atoms with E-state index in [0.29, 0.717) is 6.54 Å². The monoisotopic (exact) mass is 306 g/mol. The number of amides is 1. The van der Waals surface area contributed by atoms with Crippen molar-refractivity contribution >= 4 is 16.8 Å². The van der Waals surface area contributed by atoms with Crippen LogP contribution in [0, 0.1) is 0 Å². The number of rotatable bonds is 4. The van der Waals surface area contributed by atoms with E-state index in [1.807, 2.05) is 60.3 Å². The van der Waals surface area contributed by atoms with Gasteiger partial charge in [0, 0.05) is 41.7 Å². The molecule has 2 aromatic carbocycles. The first kappa shape index (κ1) is 15.3. The average molecular weight is 306 g/mol. The predicted octanol–water partition coefficient (Wildman–Crippen LogP) is 3.89. The van der Waals surface area contributed by atoms with E-state index in [1.165, 1.54) is 5.56 Å². The highest BCUT2D eigenvalue weighted by atomic mass is 16.1. The lowest BCUT2D eigenvalue weighted by atomic mass is 9.84. The minimum Gasteiger partial charge on any atom is -0.351 e. The Morgan fingerprint density at radius 2 is 1.78 bits per heavy atom. The van der Waals surface area contributed by atoms with Gasteiger partial charge >= 0.3 is 0 Å². The number of carbonyl (C=O) groups excluding carboxylic acids is 1. The van der Waals surface area contributed by atoms with Crippen LogP contribution in [0.3, 0.4) is 0 Å². The predicted molar refractivity (Wildman–Crippen MR) is 94.7 cm³/mol. The molecule has 3 rings (SSSR count). The van der Waals surface area contributed by atoms with Gasteiger partial charge in [-0.15, -0.1) is 0 Å². The smallest absolute Gasteiger partial charge is 0.251 e. The summed E-state index contributed by atoms with van der Waals surface area (Å²) in [5.74, 6) is -0.0224. The van der Waals surface area contributed by atoms with Gasteiger partial charge in [-0.2, -0.15) is 0 Å². The molecular formula is C20H22N2O. The molecule has 118 valence electrons. The number of carbonyl (C=O) groups is 1. The number of nitrogens with one attached hydrogen (secondary N) is 1. The van der Waals surface area contributed by atoms with Gasteiger partial charge in [-0.3, -0.25) is 4.79 Å². The van der Waals surface area contributed by atoms with E-state index in [9.17, 15) is 4.79 Å². The fourth-order valence-corrected chi connectivity index (χ4v) is 2.89. The first-order valence-electron chi connectivity index (χ1n) is 7.87. The largest absolute Gasteiger partial charge is 0.351 e. The molecule has 0 bridgehead atoms. The zero-order valence-corrected chi connectivity index (χ0v) is 13.8. The molecule has 0 radical (unpaired) electrons. The van der Waals surface area contributed by atoms with E-state index < -0.39 is 0 Å². The summed E-state index contributed by atoms with van der Waals surface area (Å²) in [6.45, 7) is 4.89. The van der Waals surface area contributed by atoms with Crippen molar-refractivity contribution in [2.24, 2.45) is 7.05 Å². The van der Waals surface area contributed by atoms with Crippen molar-refractivity contribution in [1.82, 2.24) is 9.88 Å². The molecule has 1 heterocycles. The summed E-state index contributed by atoms with van der Waals surface area (Å²) in [5.41, 5.74) is 2.91. The van der Waals surface area contributed by atoms with Crippen molar-refractivity contribution < 1.29 is 4.79 Å². The molecule has 0 fully saturated rings. The van der Waals surface area contributed by atoms with Gasteiger partial charge in [-0.25, -0.2) is 0 Å². The number of aromatic nitrogens is 1. The summed E-state index contributed by atoms with van der Waals surface area (Å²) in [7, 11) is 1.99. The molecule has 1 aromatic heterocycles. The van der Waals surface area contributed by atoms with Gasteiger partial charge in [-0.1, -0.05) is 50.2 Å². The van der Waals surface area contributed by atoms with Crippen molar-refractivity contribution in [3.63, 3.8) is 0 Å². The summed E-state index contributed by atoms with van der Waals surface area (Å²) in [6.07, 6.45) is 1.98. The van der Waals surface area contributed by atoms with Crippen LogP contribution < -0.4 is 5.32 Å². The standard InChI is InChI=1S/C20H22N2O/c1-20(2,15-8-5-4-6-9-15)14-21-19(23)17-10-7-11-18-16(17)12-13-22(18)3/h4-13H,14H2,1-3H3,(H,21,23). The Balaban J connectivity index is 1.79. The Labute approximate surface area is 136 Å². The van der Waals surface area contributed by atoms with Crippen molar-refractivity contribution in [2.45, 2.75) is 19.3 Å². The lowest BCUT2D eigenvalue weighted by Crippen LogP contribution is -2.36. The third-order valence-electron chi connectivity index (χ3n) is 4.42. The Bertz CT molecular complexity index is 831. The van der Waals surface area contributed by atoms with Crippen molar-refractivity contribution in [2.75, 3.05) is 6.54 Å². The second-order valence-electron chi connectivity index (χ2n) is 6.60. The topological polar surface area (TPSA) is 34.0 Å². The van der Waals surface area contributed by atoms with E-state index in [4.69, 9.17) is 0 Å². The van der Waals surface area contributed by atoms with Gasteiger partial charge in [0.15, 0.2) is 0 Å². The molecule has 23 heavy (non-hydrogen) atoms. The highest BCUT2D eigenvalue weighted by Crippen LogP contribution is 2.23. The summed E-state index contributed by atoms with van der Waals surface area (Å²) in [5, 5.41) is 4.08. The molecule has 0 atom stereocenters. The van der Waals surface area contributed by atoms with E-state index in [-0.39, 0.29) is 11.3 Å². The van der Waals surface area contributed by atoms with Crippen molar-refractivity contribution in [3.8, 4) is 0 Å². The van der Waals surface area contributed by atoms with E-state index in [2.05, 4.69) is 31.3 Å². The number of aryl methyl sites for hydroxylation is 1. The highest BCUT2D eigenvalue weighted by Gasteiger charge is 2.22. The van der Waals surface area contributed by atoms with E-state index in [0.717, 1.165) is 16.5 Å². The summed E-state index contributed by atoms with van der Waals surface area (Å²) in [6, 6.07) is 18.1. The molecule has 0 saturated carbocycles. The van der Waals surface area contributed by atoms with Crippen LogP contribution >= 0.6 is 0 Å². The van der Waals surface area contributed by atoms with E-state index >= 15 is 0 Å². The van der Waals surface area contributed by atoms with Crippen LogP contribution in [0.1, 0.15) is 29.8 Å². The molecule has 3 nitrogen and oxygen atoms in total. The zero-order valence-electron chi connectivity index (χ0n) is 13.8. The van der Waals surface area contributed by atoms with Crippen LogP contribution in [0.15, 0.2) is 60.8 Å². The number of hydrogen-bond acceptors (Lipinski definition) is 1. The Kier molecular flexibility index (Phi) is 3.95. The van der Waals surface area contributed by atoms with Crippen LogP contribution in [0.25, 0.3) is 10.9 Å². The minimum absolute atomic E-state index is 0.0224. The Hall–Kier alpha value is -2.55.